The van der Waals surface area contributed by atoms with Gasteiger partial charge in [0.05, 0.1) is 5.02 Å². The maximum Gasteiger partial charge on any atom is 0.277 e. The van der Waals surface area contributed by atoms with Crippen molar-refractivity contribution in [3.05, 3.63) is 70.1 Å². The molecule has 1 aromatic carbocycles. The number of halogens is 2. The van der Waals surface area contributed by atoms with E-state index in [2.05, 4.69) is 15.4 Å². The fourth-order valence-corrected chi connectivity index (χ4v) is 2.43. The number of benzene rings is 1. The number of amides is 1. The van der Waals surface area contributed by atoms with E-state index in [-0.39, 0.29) is 18.3 Å². The van der Waals surface area contributed by atoms with Crippen molar-refractivity contribution in [1.29, 1.82) is 0 Å². The molecule has 2 heterocycles. The number of hydrogen-bond acceptors (Lipinski definition) is 4. The van der Waals surface area contributed by atoms with Gasteiger partial charge in [0.1, 0.15) is 16.6 Å². The van der Waals surface area contributed by atoms with Crippen LogP contribution in [0.2, 0.25) is 10.0 Å². The van der Waals surface area contributed by atoms with Gasteiger partial charge in [-0.1, -0.05) is 35.3 Å². The SMILES string of the molecule is Cc1cccc(NC(=O)c2ccn(COc3cccc(Cl)c3Cl)n2)n1. The van der Waals surface area contributed by atoms with Gasteiger partial charge in [-0.3, -0.25) is 4.79 Å². The van der Waals surface area contributed by atoms with Crippen molar-refractivity contribution in [2.75, 3.05) is 5.32 Å². The first kappa shape index (κ1) is 17.3. The van der Waals surface area contributed by atoms with Crippen LogP contribution in [0.5, 0.6) is 5.75 Å². The summed E-state index contributed by atoms with van der Waals surface area (Å²) in [7, 11) is 0. The molecule has 0 aliphatic carbocycles. The third kappa shape index (κ3) is 4.29. The van der Waals surface area contributed by atoms with E-state index >= 15 is 0 Å². The van der Waals surface area contributed by atoms with E-state index in [0.29, 0.717) is 21.6 Å². The predicted molar refractivity (Wildman–Crippen MR) is 96.2 cm³/mol. The van der Waals surface area contributed by atoms with E-state index in [0.717, 1.165) is 5.69 Å². The summed E-state index contributed by atoms with van der Waals surface area (Å²) in [4.78, 5) is 16.4. The molecule has 2 aromatic heterocycles. The van der Waals surface area contributed by atoms with Crippen LogP contribution in [0.25, 0.3) is 0 Å². The van der Waals surface area contributed by atoms with Gasteiger partial charge >= 0.3 is 0 Å². The highest BCUT2D eigenvalue weighted by molar-refractivity contribution is 6.42. The second-order valence-electron chi connectivity index (χ2n) is 5.18. The Bertz CT molecular complexity index is 911. The number of aromatic nitrogens is 3. The smallest absolute Gasteiger partial charge is 0.277 e. The minimum atomic E-state index is -0.349. The lowest BCUT2D eigenvalue weighted by molar-refractivity contribution is 0.102. The van der Waals surface area contributed by atoms with Crippen molar-refractivity contribution < 1.29 is 9.53 Å². The summed E-state index contributed by atoms with van der Waals surface area (Å²) in [5.41, 5.74) is 1.07. The number of nitrogens with zero attached hydrogens (tertiary/aromatic N) is 3. The second-order valence-corrected chi connectivity index (χ2v) is 5.97. The zero-order valence-corrected chi connectivity index (χ0v) is 14.8. The molecule has 8 heteroatoms. The third-order valence-electron chi connectivity index (χ3n) is 3.27. The molecule has 0 unspecified atom stereocenters. The summed E-state index contributed by atoms with van der Waals surface area (Å²) in [5, 5.41) is 7.61. The molecule has 0 spiro atoms. The predicted octanol–water partition coefficient (Wildman–Crippen LogP) is 4.18. The molecule has 6 nitrogen and oxygen atoms in total. The minimum Gasteiger partial charge on any atom is -0.470 e. The number of hydrogen-bond donors (Lipinski definition) is 1. The standard InChI is InChI=1S/C17H14Cl2N4O2/c1-11-4-2-7-15(20-11)21-17(24)13-8-9-23(22-13)10-25-14-6-3-5-12(18)16(14)19/h2-9H,10H2,1H3,(H,20,21,24). The Hall–Kier alpha value is -2.57. The van der Waals surface area contributed by atoms with Crippen LogP contribution in [-0.4, -0.2) is 20.7 Å². The second kappa shape index (κ2) is 7.55. The molecule has 0 aliphatic heterocycles. The van der Waals surface area contributed by atoms with Crippen LogP contribution in [0.4, 0.5) is 5.82 Å². The van der Waals surface area contributed by atoms with Gasteiger partial charge < -0.3 is 10.1 Å². The number of ether oxygens (including phenoxy) is 1. The number of rotatable bonds is 5. The highest BCUT2D eigenvalue weighted by atomic mass is 35.5. The number of anilines is 1. The van der Waals surface area contributed by atoms with Crippen molar-refractivity contribution in [1.82, 2.24) is 14.8 Å². The normalized spacial score (nSPS) is 10.5. The lowest BCUT2D eigenvalue weighted by Crippen LogP contribution is -2.15. The van der Waals surface area contributed by atoms with Crippen molar-refractivity contribution in [3.8, 4) is 5.75 Å². The Morgan fingerprint density at radius 1 is 1.20 bits per heavy atom. The molecule has 0 saturated carbocycles. The van der Waals surface area contributed by atoms with Crippen LogP contribution in [0.3, 0.4) is 0 Å². The topological polar surface area (TPSA) is 69.0 Å². The van der Waals surface area contributed by atoms with E-state index in [9.17, 15) is 4.79 Å². The molecule has 3 rings (SSSR count). The molecule has 0 radical (unpaired) electrons. The molecule has 0 saturated heterocycles. The largest absolute Gasteiger partial charge is 0.470 e. The zero-order chi connectivity index (χ0) is 17.8. The van der Waals surface area contributed by atoms with Crippen LogP contribution in [-0.2, 0) is 6.73 Å². The summed E-state index contributed by atoms with van der Waals surface area (Å²) in [6.07, 6.45) is 1.64. The van der Waals surface area contributed by atoms with Gasteiger partial charge in [0.15, 0.2) is 12.4 Å². The van der Waals surface area contributed by atoms with E-state index in [1.807, 2.05) is 19.1 Å². The molecule has 0 bridgehead atoms. The summed E-state index contributed by atoms with van der Waals surface area (Å²) in [5.74, 6) is 0.568. The molecule has 0 fully saturated rings. The van der Waals surface area contributed by atoms with Gasteiger partial charge in [0, 0.05) is 11.9 Å². The molecule has 1 N–H and O–H groups in total. The number of carbonyl (C=O) groups is 1. The van der Waals surface area contributed by atoms with Crippen LogP contribution >= 0.6 is 23.2 Å². The lowest BCUT2D eigenvalue weighted by Gasteiger charge is -2.08. The van der Waals surface area contributed by atoms with Gasteiger partial charge in [-0.2, -0.15) is 5.10 Å². The number of carbonyl (C=O) groups excluding carboxylic acids is 1. The molecule has 0 aliphatic rings. The number of pyridine rings is 1. The van der Waals surface area contributed by atoms with Crippen molar-refractivity contribution in [2.45, 2.75) is 13.7 Å². The maximum absolute atomic E-state index is 12.2. The summed E-state index contributed by atoms with van der Waals surface area (Å²) < 4.78 is 7.05. The summed E-state index contributed by atoms with van der Waals surface area (Å²) in [6, 6.07) is 12.1. The van der Waals surface area contributed by atoms with E-state index in [1.165, 1.54) is 4.68 Å². The van der Waals surface area contributed by atoms with E-state index in [4.69, 9.17) is 27.9 Å². The fourth-order valence-electron chi connectivity index (χ4n) is 2.08. The Morgan fingerprint density at radius 2 is 2.00 bits per heavy atom. The molecular formula is C17H14Cl2N4O2. The fraction of sp³-hybridized carbons (Fsp3) is 0.118. The monoisotopic (exact) mass is 376 g/mol. The first-order valence-electron chi connectivity index (χ1n) is 7.38. The van der Waals surface area contributed by atoms with Gasteiger partial charge in [0.25, 0.3) is 5.91 Å². The molecule has 25 heavy (non-hydrogen) atoms. The van der Waals surface area contributed by atoms with Crippen molar-refractivity contribution in [3.63, 3.8) is 0 Å². The molecule has 3 aromatic rings. The van der Waals surface area contributed by atoms with Crippen LogP contribution < -0.4 is 10.1 Å². The number of nitrogens with one attached hydrogen (secondary N) is 1. The average molecular weight is 377 g/mol. The van der Waals surface area contributed by atoms with Crippen molar-refractivity contribution in [2.24, 2.45) is 0 Å². The third-order valence-corrected chi connectivity index (χ3v) is 4.07. The minimum absolute atomic E-state index is 0.0933. The van der Waals surface area contributed by atoms with Gasteiger partial charge in [-0.15, -0.1) is 0 Å². The maximum atomic E-state index is 12.2. The van der Waals surface area contributed by atoms with Gasteiger partial charge in [0.2, 0.25) is 0 Å². The molecular weight excluding hydrogens is 363 g/mol. The van der Waals surface area contributed by atoms with Gasteiger partial charge in [-0.25, -0.2) is 9.67 Å². The van der Waals surface area contributed by atoms with Crippen LogP contribution in [0, 0.1) is 6.92 Å². The van der Waals surface area contributed by atoms with Crippen molar-refractivity contribution >= 4 is 34.9 Å². The van der Waals surface area contributed by atoms with E-state index < -0.39 is 0 Å². The lowest BCUT2D eigenvalue weighted by atomic mass is 10.3. The first-order chi connectivity index (χ1) is 12.0. The zero-order valence-electron chi connectivity index (χ0n) is 13.2. The summed E-state index contributed by atoms with van der Waals surface area (Å²) >= 11 is 12.0. The summed E-state index contributed by atoms with van der Waals surface area (Å²) in [6.45, 7) is 1.94. The van der Waals surface area contributed by atoms with Gasteiger partial charge in [-0.05, 0) is 37.3 Å². The van der Waals surface area contributed by atoms with Crippen LogP contribution in [0.15, 0.2) is 48.7 Å². The highest BCUT2D eigenvalue weighted by Gasteiger charge is 2.11. The Labute approximate surface area is 154 Å². The molecule has 128 valence electrons. The quantitative estimate of drug-likeness (QED) is 0.724. The Balaban J connectivity index is 1.64. The Morgan fingerprint density at radius 3 is 2.80 bits per heavy atom. The highest BCUT2D eigenvalue weighted by Crippen LogP contribution is 2.31. The molecule has 0 atom stereocenters. The van der Waals surface area contributed by atoms with E-state index in [1.54, 1.807) is 36.5 Å². The first-order valence-corrected chi connectivity index (χ1v) is 8.14. The Kier molecular flexibility index (Phi) is 5.21. The average Bonchev–Trinajstić information content (AvgIpc) is 3.05. The molecule has 1 amide bonds. The number of aryl methyl sites for hydroxylation is 1. The van der Waals surface area contributed by atoms with Crippen LogP contribution in [0.1, 0.15) is 16.2 Å².